The largest absolute Gasteiger partial charge is 0.493 e. The molecule has 0 atom stereocenters. The Morgan fingerprint density at radius 1 is 1.17 bits per heavy atom. The van der Waals surface area contributed by atoms with Crippen molar-refractivity contribution < 1.29 is 14.3 Å². The molecular formula is C16H18BrN3O3. The normalized spacial score (nSPS) is 10.0. The van der Waals surface area contributed by atoms with E-state index in [0.29, 0.717) is 30.3 Å². The van der Waals surface area contributed by atoms with Crippen LogP contribution in [0, 0.1) is 0 Å². The van der Waals surface area contributed by atoms with Gasteiger partial charge in [-0.2, -0.15) is 0 Å². The molecule has 2 N–H and O–H groups in total. The molecule has 0 radical (unpaired) electrons. The van der Waals surface area contributed by atoms with Crippen LogP contribution >= 0.6 is 15.9 Å². The van der Waals surface area contributed by atoms with Gasteiger partial charge in [0.1, 0.15) is 5.82 Å². The molecule has 122 valence electrons. The molecule has 6 nitrogen and oxygen atoms in total. The Morgan fingerprint density at radius 2 is 1.96 bits per heavy atom. The molecule has 0 aliphatic rings. The molecule has 0 saturated carbocycles. The number of pyridine rings is 1. The number of anilines is 1. The number of amides is 2. The fourth-order valence-corrected chi connectivity index (χ4v) is 2.20. The number of nitrogens with zero attached hydrogens (tertiary/aromatic N) is 1. The van der Waals surface area contributed by atoms with E-state index in [-0.39, 0.29) is 6.03 Å². The van der Waals surface area contributed by atoms with Crippen LogP contribution in [0.4, 0.5) is 10.6 Å². The summed E-state index contributed by atoms with van der Waals surface area (Å²) in [5.74, 6) is 1.86. The molecule has 0 aliphatic carbocycles. The lowest BCUT2D eigenvalue weighted by molar-refractivity contribution is 0.252. The Kier molecular flexibility index (Phi) is 6.22. The predicted molar refractivity (Wildman–Crippen MR) is 92.2 cm³/mol. The van der Waals surface area contributed by atoms with Crippen molar-refractivity contribution in [1.29, 1.82) is 0 Å². The van der Waals surface area contributed by atoms with Gasteiger partial charge >= 0.3 is 6.03 Å². The van der Waals surface area contributed by atoms with Crippen molar-refractivity contribution in [3.63, 3.8) is 0 Å². The third-order valence-corrected chi connectivity index (χ3v) is 3.59. The lowest BCUT2D eigenvalue weighted by atomic mass is 10.1. The predicted octanol–water partition coefficient (Wildman–Crippen LogP) is 3.23. The fraction of sp³-hybridized carbons (Fsp3) is 0.250. The molecule has 1 heterocycles. The quantitative estimate of drug-likeness (QED) is 0.807. The minimum atomic E-state index is -0.291. The van der Waals surface area contributed by atoms with Crippen molar-refractivity contribution in [2.24, 2.45) is 0 Å². The number of carbonyl (C=O) groups excluding carboxylic acids is 1. The van der Waals surface area contributed by atoms with E-state index in [2.05, 4.69) is 31.5 Å². The van der Waals surface area contributed by atoms with Crippen LogP contribution in [0.3, 0.4) is 0 Å². The number of carbonyl (C=O) groups is 1. The first-order valence-electron chi connectivity index (χ1n) is 6.99. The maximum Gasteiger partial charge on any atom is 0.320 e. The fourth-order valence-electron chi connectivity index (χ4n) is 1.97. The SMILES string of the molecule is COc1ccc(CCNC(=O)Nc2ccc(Br)cn2)cc1OC. The van der Waals surface area contributed by atoms with E-state index >= 15 is 0 Å². The summed E-state index contributed by atoms with van der Waals surface area (Å²) >= 11 is 3.29. The van der Waals surface area contributed by atoms with E-state index < -0.39 is 0 Å². The number of nitrogens with one attached hydrogen (secondary N) is 2. The van der Waals surface area contributed by atoms with Crippen LogP contribution in [0.2, 0.25) is 0 Å². The number of benzene rings is 1. The lowest BCUT2D eigenvalue weighted by Gasteiger charge is -2.10. The summed E-state index contributed by atoms with van der Waals surface area (Å²) in [4.78, 5) is 15.9. The molecule has 2 amide bonds. The Labute approximate surface area is 143 Å². The number of aromatic nitrogens is 1. The minimum Gasteiger partial charge on any atom is -0.493 e. The number of urea groups is 1. The molecule has 0 bridgehead atoms. The molecule has 2 aromatic rings. The summed E-state index contributed by atoms with van der Waals surface area (Å²) in [6, 6.07) is 8.93. The summed E-state index contributed by atoms with van der Waals surface area (Å²) in [5.41, 5.74) is 1.05. The molecule has 2 rings (SSSR count). The van der Waals surface area contributed by atoms with Crippen molar-refractivity contribution >= 4 is 27.8 Å². The topological polar surface area (TPSA) is 72.5 Å². The minimum absolute atomic E-state index is 0.291. The Morgan fingerprint density at radius 3 is 2.61 bits per heavy atom. The van der Waals surface area contributed by atoms with Crippen LogP contribution in [0.5, 0.6) is 11.5 Å². The molecule has 1 aromatic carbocycles. The standard InChI is InChI=1S/C16H18BrN3O3/c1-22-13-5-3-11(9-14(13)23-2)7-8-18-16(21)20-15-6-4-12(17)10-19-15/h3-6,9-10H,7-8H2,1-2H3,(H2,18,19,20,21). The van der Waals surface area contributed by atoms with Crippen LogP contribution in [0.1, 0.15) is 5.56 Å². The molecule has 0 unspecified atom stereocenters. The smallest absolute Gasteiger partial charge is 0.320 e. The highest BCUT2D eigenvalue weighted by atomic mass is 79.9. The van der Waals surface area contributed by atoms with Crippen LogP contribution in [-0.4, -0.2) is 31.8 Å². The van der Waals surface area contributed by atoms with Gasteiger partial charge in [-0.05, 0) is 52.2 Å². The molecule has 0 aliphatic heterocycles. The van der Waals surface area contributed by atoms with Gasteiger partial charge < -0.3 is 14.8 Å². The second-order valence-corrected chi connectivity index (χ2v) is 5.60. The first kappa shape index (κ1) is 17.1. The molecule has 7 heteroatoms. The van der Waals surface area contributed by atoms with Gasteiger partial charge in [0, 0.05) is 17.2 Å². The van der Waals surface area contributed by atoms with Gasteiger partial charge in [0.2, 0.25) is 0 Å². The van der Waals surface area contributed by atoms with Crippen LogP contribution in [0.15, 0.2) is 41.0 Å². The van der Waals surface area contributed by atoms with Crippen LogP contribution in [0.25, 0.3) is 0 Å². The van der Waals surface area contributed by atoms with E-state index in [0.717, 1.165) is 10.0 Å². The van der Waals surface area contributed by atoms with Crippen molar-refractivity contribution in [2.75, 3.05) is 26.1 Å². The van der Waals surface area contributed by atoms with Gasteiger partial charge in [-0.3, -0.25) is 5.32 Å². The molecule has 1 aromatic heterocycles. The Bertz CT molecular complexity index is 662. The number of ether oxygens (including phenoxy) is 2. The van der Waals surface area contributed by atoms with Crippen molar-refractivity contribution in [3.05, 3.63) is 46.6 Å². The third-order valence-electron chi connectivity index (χ3n) is 3.12. The highest BCUT2D eigenvalue weighted by Gasteiger charge is 2.06. The first-order chi connectivity index (χ1) is 11.1. The van der Waals surface area contributed by atoms with E-state index in [1.165, 1.54) is 0 Å². The van der Waals surface area contributed by atoms with Gasteiger partial charge in [0.25, 0.3) is 0 Å². The average Bonchev–Trinajstić information content (AvgIpc) is 2.56. The first-order valence-corrected chi connectivity index (χ1v) is 7.79. The molecular weight excluding hydrogens is 362 g/mol. The molecule has 0 fully saturated rings. The summed E-state index contributed by atoms with van der Waals surface area (Å²) in [6.07, 6.45) is 2.31. The molecule has 0 saturated heterocycles. The summed E-state index contributed by atoms with van der Waals surface area (Å²) < 4.78 is 11.3. The number of methoxy groups -OCH3 is 2. The number of halogens is 1. The molecule has 23 heavy (non-hydrogen) atoms. The number of hydrogen-bond acceptors (Lipinski definition) is 4. The maximum absolute atomic E-state index is 11.8. The zero-order valence-corrected chi connectivity index (χ0v) is 14.5. The van der Waals surface area contributed by atoms with Crippen molar-refractivity contribution in [3.8, 4) is 11.5 Å². The highest BCUT2D eigenvalue weighted by Crippen LogP contribution is 2.27. The summed E-state index contributed by atoms with van der Waals surface area (Å²) in [7, 11) is 3.19. The lowest BCUT2D eigenvalue weighted by Crippen LogP contribution is -2.30. The maximum atomic E-state index is 11.8. The average molecular weight is 380 g/mol. The number of hydrogen-bond donors (Lipinski definition) is 2. The third kappa shape index (κ3) is 5.14. The van der Waals surface area contributed by atoms with E-state index in [4.69, 9.17) is 9.47 Å². The van der Waals surface area contributed by atoms with Gasteiger partial charge in [-0.15, -0.1) is 0 Å². The monoisotopic (exact) mass is 379 g/mol. The molecule has 0 spiro atoms. The highest BCUT2D eigenvalue weighted by molar-refractivity contribution is 9.10. The van der Waals surface area contributed by atoms with Crippen LogP contribution in [-0.2, 0) is 6.42 Å². The summed E-state index contributed by atoms with van der Waals surface area (Å²) in [6.45, 7) is 0.498. The van der Waals surface area contributed by atoms with Gasteiger partial charge in [0.05, 0.1) is 14.2 Å². The van der Waals surface area contributed by atoms with Gasteiger partial charge in [-0.1, -0.05) is 6.07 Å². The Balaban J connectivity index is 1.82. The van der Waals surface area contributed by atoms with E-state index in [1.54, 1.807) is 26.5 Å². The summed E-state index contributed by atoms with van der Waals surface area (Å²) in [5, 5.41) is 5.46. The number of rotatable bonds is 6. The second kappa shape index (κ2) is 8.38. The Hall–Kier alpha value is -2.28. The second-order valence-electron chi connectivity index (χ2n) is 4.68. The van der Waals surface area contributed by atoms with Crippen LogP contribution < -0.4 is 20.1 Å². The van der Waals surface area contributed by atoms with Crippen molar-refractivity contribution in [1.82, 2.24) is 10.3 Å². The van der Waals surface area contributed by atoms with E-state index in [1.807, 2.05) is 24.3 Å². The van der Waals surface area contributed by atoms with Gasteiger partial charge in [0.15, 0.2) is 11.5 Å². The zero-order chi connectivity index (χ0) is 16.7. The van der Waals surface area contributed by atoms with E-state index in [9.17, 15) is 4.79 Å². The van der Waals surface area contributed by atoms with Gasteiger partial charge in [-0.25, -0.2) is 9.78 Å². The van der Waals surface area contributed by atoms with Crippen molar-refractivity contribution in [2.45, 2.75) is 6.42 Å². The zero-order valence-electron chi connectivity index (χ0n) is 12.9.